The molecule has 0 bridgehead atoms. The lowest BCUT2D eigenvalue weighted by molar-refractivity contribution is -0.384. The molecule has 0 saturated carbocycles. The van der Waals surface area contributed by atoms with Gasteiger partial charge in [-0.05, 0) is 42.1 Å². The number of hydrogen-bond donors (Lipinski definition) is 2. The minimum absolute atomic E-state index is 0.0149. The minimum Gasteiger partial charge on any atom is -0.478 e. The van der Waals surface area contributed by atoms with Crippen molar-refractivity contribution in [1.29, 1.82) is 0 Å². The minimum atomic E-state index is -1.13. The Bertz CT molecular complexity index is 1330. The van der Waals surface area contributed by atoms with Crippen LogP contribution in [0.4, 0.5) is 11.4 Å². The molecule has 4 rings (SSSR count). The van der Waals surface area contributed by atoms with E-state index in [0.29, 0.717) is 27.7 Å². The number of rotatable bonds is 5. The van der Waals surface area contributed by atoms with E-state index in [2.05, 4.69) is 10.3 Å². The van der Waals surface area contributed by atoms with Gasteiger partial charge in [0.2, 0.25) is 0 Å². The van der Waals surface area contributed by atoms with Gasteiger partial charge in [0.1, 0.15) is 11.5 Å². The summed E-state index contributed by atoms with van der Waals surface area (Å²) >= 11 is 7.08. The number of amides is 1. The second-order valence-electron chi connectivity index (χ2n) is 6.46. The van der Waals surface area contributed by atoms with Crippen molar-refractivity contribution >= 4 is 57.9 Å². The van der Waals surface area contributed by atoms with E-state index in [1.165, 1.54) is 36.4 Å². The van der Waals surface area contributed by atoms with Crippen LogP contribution < -0.4 is 5.32 Å². The Labute approximate surface area is 189 Å². The molecular formula is C21H12ClN3O6S. The second-order valence-corrected chi connectivity index (χ2v) is 7.90. The summed E-state index contributed by atoms with van der Waals surface area (Å²) in [4.78, 5) is 38.3. The van der Waals surface area contributed by atoms with Crippen LogP contribution in [0.3, 0.4) is 0 Å². The summed E-state index contributed by atoms with van der Waals surface area (Å²) < 4.78 is 5.74. The Morgan fingerprint density at radius 2 is 2.03 bits per heavy atom. The maximum absolute atomic E-state index is 12.3. The van der Waals surface area contributed by atoms with Crippen LogP contribution >= 0.6 is 23.4 Å². The number of amidine groups is 1. The van der Waals surface area contributed by atoms with E-state index in [1.54, 1.807) is 24.3 Å². The summed E-state index contributed by atoms with van der Waals surface area (Å²) in [5.74, 6) is -0.665. The summed E-state index contributed by atoms with van der Waals surface area (Å²) in [6.07, 6.45) is 1.53. The van der Waals surface area contributed by atoms with Crippen LogP contribution in [-0.2, 0) is 4.79 Å². The molecule has 1 aliphatic heterocycles. The fraction of sp³-hybridized carbons (Fsp3) is 0. The largest absolute Gasteiger partial charge is 0.478 e. The third kappa shape index (κ3) is 4.56. The van der Waals surface area contributed by atoms with Gasteiger partial charge in [0, 0.05) is 23.8 Å². The Morgan fingerprint density at radius 1 is 1.22 bits per heavy atom. The number of furan rings is 1. The third-order valence-electron chi connectivity index (χ3n) is 4.31. The number of hydrogen-bond acceptors (Lipinski definition) is 7. The highest BCUT2D eigenvalue weighted by Crippen LogP contribution is 2.32. The number of nitrogens with zero attached hydrogens (tertiary/aromatic N) is 2. The molecule has 11 heteroatoms. The van der Waals surface area contributed by atoms with Gasteiger partial charge < -0.3 is 14.8 Å². The molecule has 1 saturated heterocycles. The molecule has 0 spiro atoms. The molecule has 2 heterocycles. The first-order chi connectivity index (χ1) is 15.3. The number of halogens is 1. The van der Waals surface area contributed by atoms with Crippen molar-refractivity contribution in [2.45, 2.75) is 0 Å². The summed E-state index contributed by atoms with van der Waals surface area (Å²) in [6.45, 7) is 0. The summed E-state index contributed by atoms with van der Waals surface area (Å²) in [7, 11) is 0. The molecule has 1 amide bonds. The molecule has 32 heavy (non-hydrogen) atoms. The van der Waals surface area contributed by atoms with E-state index in [9.17, 15) is 19.7 Å². The SMILES string of the molecule is O=C1NC(=Nc2cccc([N+](=O)[O-])c2)S/C1=C\c1ccc(-c2ccc(C(=O)O)c(Cl)c2)o1. The van der Waals surface area contributed by atoms with Crippen LogP contribution in [0.1, 0.15) is 16.1 Å². The van der Waals surface area contributed by atoms with Gasteiger partial charge in [-0.15, -0.1) is 0 Å². The van der Waals surface area contributed by atoms with E-state index in [1.807, 2.05) is 0 Å². The standard InChI is InChI=1S/C21H12ClN3O6S/c22-16-8-11(4-6-15(16)20(27)28)17-7-5-14(31-17)10-18-19(26)24-21(32-18)23-12-2-1-3-13(9-12)25(29)30/h1-10H,(H,27,28)(H,23,24,26)/b18-10-. The first kappa shape index (κ1) is 21.3. The predicted octanol–water partition coefficient (Wildman–Crippen LogP) is 5.10. The van der Waals surface area contributed by atoms with E-state index < -0.39 is 10.9 Å². The number of nitrogens with one attached hydrogen (secondary N) is 1. The topological polar surface area (TPSA) is 135 Å². The average Bonchev–Trinajstić information content (AvgIpc) is 3.34. The fourth-order valence-corrected chi connectivity index (χ4v) is 3.91. The molecule has 0 radical (unpaired) electrons. The lowest BCUT2D eigenvalue weighted by Gasteiger charge is -2.01. The lowest BCUT2D eigenvalue weighted by Crippen LogP contribution is -2.19. The molecule has 0 unspecified atom stereocenters. The molecular weight excluding hydrogens is 458 g/mol. The third-order valence-corrected chi connectivity index (χ3v) is 5.53. The monoisotopic (exact) mass is 469 g/mol. The van der Waals surface area contributed by atoms with Gasteiger partial charge in [-0.1, -0.05) is 23.7 Å². The van der Waals surface area contributed by atoms with Crippen LogP contribution in [0.5, 0.6) is 0 Å². The van der Waals surface area contributed by atoms with Gasteiger partial charge in [-0.3, -0.25) is 14.9 Å². The second kappa shape index (κ2) is 8.69. The predicted molar refractivity (Wildman–Crippen MR) is 120 cm³/mol. The van der Waals surface area contributed by atoms with Gasteiger partial charge in [0.15, 0.2) is 5.17 Å². The average molecular weight is 470 g/mol. The molecule has 2 N–H and O–H groups in total. The normalized spacial score (nSPS) is 15.8. The van der Waals surface area contributed by atoms with Crippen molar-refractivity contribution in [1.82, 2.24) is 5.32 Å². The van der Waals surface area contributed by atoms with Gasteiger partial charge in [-0.2, -0.15) is 0 Å². The highest BCUT2D eigenvalue weighted by molar-refractivity contribution is 8.18. The lowest BCUT2D eigenvalue weighted by atomic mass is 10.1. The number of nitro benzene ring substituents is 1. The zero-order valence-corrected chi connectivity index (χ0v) is 17.5. The van der Waals surface area contributed by atoms with Crippen molar-refractivity contribution in [3.8, 4) is 11.3 Å². The van der Waals surface area contributed by atoms with E-state index in [-0.39, 0.29) is 27.3 Å². The Morgan fingerprint density at radius 3 is 2.75 bits per heavy atom. The number of thioether (sulfide) groups is 1. The molecule has 2 aromatic carbocycles. The molecule has 160 valence electrons. The van der Waals surface area contributed by atoms with E-state index in [0.717, 1.165) is 11.8 Å². The summed E-state index contributed by atoms with van der Waals surface area (Å²) in [5, 5.41) is 22.9. The molecule has 0 atom stereocenters. The van der Waals surface area contributed by atoms with Crippen molar-refractivity contribution < 1.29 is 24.0 Å². The van der Waals surface area contributed by atoms with Crippen molar-refractivity contribution in [3.05, 3.63) is 86.0 Å². The number of aliphatic imine (C=N–C) groups is 1. The molecule has 3 aromatic rings. The number of benzene rings is 2. The van der Waals surface area contributed by atoms with E-state index >= 15 is 0 Å². The molecule has 1 fully saturated rings. The van der Waals surface area contributed by atoms with Crippen LogP contribution in [0.15, 0.2) is 68.9 Å². The van der Waals surface area contributed by atoms with Crippen molar-refractivity contribution in [2.75, 3.05) is 0 Å². The van der Waals surface area contributed by atoms with Gasteiger partial charge in [0.05, 0.1) is 26.1 Å². The Kier molecular flexibility index (Phi) is 5.80. The van der Waals surface area contributed by atoms with Crippen LogP contribution in [0.2, 0.25) is 5.02 Å². The molecule has 1 aromatic heterocycles. The number of carbonyl (C=O) groups excluding carboxylic acids is 1. The maximum atomic E-state index is 12.3. The summed E-state index contributed by atoms with van der Waals surface area (Å²) in [5.41, 5.74) is 0.807. The van der Waals surface area contributed by atoms with Gasteiger partial charge in [0.25, 0.3) is 11.6 Å². The fourth-order valence-electron chi connectivity index (χ4n) is 2.83. The first-order valence-corrected chi connectivity index (χ1v) is 10.2. The van der Waals surface area contributed by atoms with Crippen LogP contribution in [0, 0.1) is 10.1 Å². The quantitative estimate of drug-likeness (QED) is 0.301. The van der Waals surface area contributed by atoms with Gasteiger partial charge in [-0.25, -0.2) is 9.79 Å². The number of aromatic carboxylic acids is 1. The van der Waals surface area contributed by atoms with Crippen LogP contribution in [-0.4, -0.2) is 27.1 Å². The zero-order chi connectivity index (χ0) is 22.8. The van der Waals surface area contributed by atoms with Crippen molar-refractivity contribution in [3.63, 3.8) is 0 Å². The smallest absolute Gasteiger partial charge is 0.337 e. The first-order valence-electron chi connectivity index (χ1n) is 8.97. The molecule has 0 aliphatic carbocycles. The number of carboxylic acid groups (broad SMARTS) is 1. The van der Waals surface area contributed by atoms with Crippen LogP contribution in [0.25, 0.3) is 17.4 Å². The number of carboxylic acids is 1. The highest BCUT2D eigenvalue weighted by atomic mass is 35.5. The molecule has 1 aliphatic rings. The number of carbonyl (C=O) groups is 2. The highest BCUT2D eigenvalue weighted by Gasteiger charge is 2.24. The zero-order valence-electron chi connectivity index (χ0n) is 15.9. The Hall–Kier alpha value is -3.89. The molecule has 9 nitrogen and oxygen atoms in total. The maximum Gasteiger partial charge on any atom is 0.337 e. The Balaban J connectivity index is 1.54. The summed E-state index contributed by atoms with van der Waals surface area (Å²) in [6, 6.07) is 13.5. The van der Waals surface area contributed by atoms with Gasteiger partial charge >= 0.3 is 5.97 Å². The van der Waals surface area contributed by atoms with Crippen molar-refractivity contribution in [2.24, 2.45) is 4.99 Å². The van der Waals surface area contributed by atoms with E-state index in [4.69, 9.17) is 21.1 Å². The number of nitro groups is 1. The number of non-ortho nitro benzene ring substituents is 1.